The summed E-state index contributed by atoms with van der Waals surface area (Å²) in [6, 6.07) is 0. The molecule has 0 radical (unpaired) electrons. The van der Waals surface area contributed by atoms with E-state index < -0.39 is 5.97 Å². The third-order valence-corrected chi connectivity index (χ3v) is 0.609. The first-order valence-corrected chi connectivity index (χ1v) is 2.97. The molecule has 0 aliphatic rings. The minimum absolute atomic E-state index is 0. The molecule has 5 nitrogen and oxygen atoms in total. The summed E-state index contributed by atoms with van der Waals surface area (Å²) in [4.78, 5) is 23.1. The molecule has 0 aromatic carbocycles. The number of carbonyl (C=O) groups is 1. The summed E-state index contributed by atoms with van der Waals surface area (Å²) in [6.45, 7) is 3.42. The van der Waals surface area contributed by atoms with E-state index in [0.717, 1.165) is 12.0 Å². The Morgan fingerprint density at radius 1 is 1.67 bits per heavy atom. The molecular weight excluding hydrogens is 215 g/mol. The quantitative estimate of drug-likeness (QED) is 0.320. The van der Waals surface area contributed by atoms with Crippen molar-refractivity contribution in [1.82, 2.24) is 5.06 Å². The Morgan fingerprint density at radius 2 is 2.00 bits per heavy atom. The van der Waals surface area contributed by atoms with Crippen LogP contribution in [0, 0.1) is 0 Å². The molecule has 0 saturated heterocycles. The number of carbonyl (C=O) groups excluding carboxylic acids is 1. The van der Waals surface area contributed by atoms with Crippen LogP contribution in [0.4, 0.5) is 0 Å². The summed E-state index contributed by atoms with van der Waals surface area (Å²) < 4.78 is 0. The Hall–Kier alpha value is -0.477. The second kappa shape index (κ2) is 13.1. The van der Waals surface area contributed by atoms with Crippen LogP contribution in [-0.2, 0) is 33.9 Å². The summed E-state index contributed by atoms with van der Waals surface area (Å²) in [5, 5.41) is 8.49. The molecule has 0 aromatic rings. The van der Waals surface area contributed by atoms with E-state index in [2.05, 4.69) is 4.84 Å². The van der Waals surface area contributed by atoms with Crippen LogP contribution in [-0.4, -0.2) is 36.2 Å². The number of carboxylic acid groups (broad SMARTS) is 1. The van der Waals surface area contributed by atoms with Gasteiger partial charge in [-0.05, 0) is 6.92 Å². The number of hydrogen-bond acceptors (Lipinski definition) is 3. The second-order valence-corrected chi connectivity index (χ2v) is 1.49. The van der Waals surface area contributed by atoms with Crippen LogP contribution in [0.5, 0.6) is 0 Å². The normalized spacial score (nSPS) is 6.92. The maximum absolute atomic E-state index is 9.64. The van der Waals surface area contributed by atoms with Crippen molar-refractivity contribution in [1.29, 1.82) is 0 Å². The number of hydroxylamine groups is 2. The van der Waals surface area contributed by atoms with Gasteiger partial charge in [0.05, 0.1) is 7.11 Å². The number of nitrogens with zero attached hydrogens (tertiary/aromatic N) is 1. The Balaban J connectivity index is -0.000000142. The molecule has 1 N–H and O–H groups in total. The van der Waals surface area contributed by atoms with Gasteiger partial charge in [-0.15, -0.1) is 6.41 Å². The van der Waals surface area contributed by atoms with Crippen LogP contribution >= 0.6 is 0 Å². The topological polar surface area (TPSA) is 66.8 Å². The fourth-order valence-electron chi connectivity index (χ4n) is 0.231. The second-order valence-electron chi connectivity index (χ2n) is 1.49. The number of rotatable bonds is 3. The van der Waals surface area contributed by atoms with Crippen molar-refractivity contribution in [2.45, 2.75) is 13.8 Å². The first-order chi connectivity index (χ1) is 5.08. The molecule has 0 aliphatic carbocycles. The first kappa shape index (κ1) is 17.6. The zero-order valence-electron chi connectivity index (χ0n) is 7.53. The first-order valence-electron chi connectivity index (χ1n) is 2.97. The van der Waals surface area contributed by atoms with Gasteiger partial charge in [-0.1, -0.05) is 0 Å². The van der Waals surface area contributed by atoms with Gasteiger partial charge in [0.15, 0.2) is 0 Å². The SMILES string of the molecule is CC(=O)O.CCN([C-]=O)OC.[Zn]. The van der Waals surface area contributed by atoms with Gasteiger partial charge in [-0.2, -0.15) is 0 Å². The molecule has 0 fully saturated rings. The van der Waals surface area contributed by atoms with Crippen molar-refractivity contribution in [2.75, 3.05) is 13.7 Å². The van der Waals surface area contributed by atoms with Crippen LogP contribution in [0.25, 0.3) is 0 Å². The molecule has 68 valence electrons. The number of carboxylic acids is 1. The van der Waals surface area contributed by atoms with Gasteiger partial charge in [0.2, 0.25) is 0 Å². The largest absolute Gasteiger partial charge is 0.517 e. The third-order valence-electron chi connectivity index (χ3n) is 0.609. The molecule has 0 bridgehead atoms. The summed E-state index contributed by atoms with van der Waals surface area (Å²) >= 11 is 0. The number of aliphatic carboxylic acids is 1. The van der Waals surface area contributed by atoms with Crippen molar-refractivity contribution < 1.29 is 39.0 Å². The maximum Gasteiger partial charge on any atom is 0.300 e. The van der Waals surface area contributed by atoms with Gasteiger partial charge in [0.1, 0.15) is 0 Å². The van der Waals surface area contributed by atoms with Gasteiger partial charge in [0.25, 0.3) is 5.97 Å². The predicted octanol–water partition coefficient (Wildman–Crippen LogP) is 0.0253. The molecule has 12 heavy (non-hydrogen) atoms. The molecule has 0 atom stereocenters. The molecular formula is C6H12NO4Zn-. The maximum atomic E-state index is 9.64. The Bertz CT molecular complexity index is 112. The summed E-state index contributed by atoms with van der Waals surface area (Å²) in [5.74, 6) is -0.833. The van der Waals surface area contributed by atoms with Gasteiger partial charge in [-0.25, -0.2) is 0 Å². The minimum Gasteiger partial charge on any atom is -0.517 e. The Labute approximate surface area is 84.4 Å². The van der Waals surface area contributed by atoms with Crippen LogP contribution < -0.4 is 0 Å². The van der Waals surface area contributed by atoms with Gasteiger partial charge < -0.3 is 19.8 Å². The van der Waals surface area contributed by atoms with E-state index in [4.69, 9.17) is 9.90 Å². The molecule has 0 aliphatic heterocycles. The average molecular weight is 228 g/mol. The van der Waals surface area contributed by atoms with Crippen LogP contribution in [0.3, 0.4) is 0 Å². The summed E-state index contributed by atoms with van der Waals surface area (Å²) in [7, 11) is 1.42. The van der Waals surface area contributed by atoms with E-state index in [-0.39, 0.29) is 19.5 Å². The van der Waals surface area contributed by atoms with E-state index >= 15 is 0 Å². The molecule has 0 heterocycles. The van der Waals surface area contributed by atoms with E-state index in [1.807, 2.05) is 0 Å². The van der Waals surface area contributed by atoms with E-state index in [1.54, 1.807) is 13.3 Å². The molecule has 6 heteroatoms. The summed E-state index contributed by atoms with van der Waals surface area (Å²) in [6.07, 6.45) is 1.56. The fraction of sp³-hybridized carbons (Fsp3) is 0.667. The van der Waals surface area contributed by atoms with Crippen molar-refractivity contribution in [3.63, 3.8) is 0 Å². The third kappa shape index (κ3) is 22.7. The van der Waals surface area contributed by atoms with Crippen LogP contribution in [0.15, 0.2) is 0 Å². The molecule has 0 saturated carbocycles. The Kier molecular flexibility index (Phi) is 19.2. The van der Waals surface area contributed by atoms with E-state index in [0.29, 0.717) is 6.54 Å². The van der Waals surface area contributed by atoms with Gasteiger partial charge in [0, 0.05) is 32.9 Å². The zero-order valence-corrected chi connectivity index (χ0v) is 10.5. The van der Waals surface area contributed by atoms with Crippen molar-refractivity contribution in [2.24, 2.45) is 0 Å². The smallest absolute Gasteiger partial charge is 0.300 e. The molecule has 0 spiro atoms. The zero-order chi connectivity index (χ0) is 9.28. The molecule has 1 amide bonds. The van der Waals surface area contributed by atoms with Crippen LogP contribution in [0.1, 0.15) is 13.8 Å². The van der Waals surface area contributed by atoms with E-state index in [9.17, 15) is 4.79 Å². The minimum atomic E-state index is -0.833. The molecule has 0 unspecified atom stereocenters. The predicted molar refractivity (Wildman–Crippen MR) is 38.4 cm³/mol. The van der Waals surface area contributed by atoms with Crippen LogP contribution in [0.2, 0.25) is 0 Å². The average Bonchev–Trinajstić information content (AvgIpc) is 1.90. The van der Waals surface area contributed by atoms with Gasteiger partial charge >= 0.3 is 0 Å². The molecule has 0 aromatic heterocycles. The van der Waals surface area contributed by atoms with Gasteiger partial charge in [-0.3, -0.25) is 4.79 Å². The monoisotopic (exact) mass is 226 g/mol. The molecule has 0 rings (SSSR count). The number of hydrogen-bond donors (Lipinski definition) is 1. The van der Waals surface area contributed by atoms with Crippen molar-refractivity contribution >= 4 is 12.4 Å². The summed E-state index contributed by atoms with van der Waals surface area (Å²) in [5.41, 5.74) is 0. The van der Waals surface area contributed by atoms with E-state index in [1.165, 1.54) is 7.11 Å². The standard InChI is InChI=1S/C4H8NO2.C2H4O2.Zn/c1-3-5(4-6)7-2;1-2(3)4;/h3H2,1-2H3;1H3,(H,3,4);/q-1;;. The van der Waals surface area contributed by atoms with Crippen molar-refractivity contribution in [3.8, 4) is 0 Å². The fourth-order valence-corrected chi connectivity index (χ4v) is 0.231. The number of amides is 1. The Morgan fingerprint density at radius 3 is 2.00 bits per heavy atom. The van der Waals surface area contributed by atoms with Crippen molar-refractivity contribution in [3.05, 3.63) is 0 Å².